The van der Waals surface area contributed by atoms with Crippen LogP contribution in [0.5, 0.6) is 5.75 Å². The Kier molecular flexibility index (Phi) is 6.97. The topological polar surface area (TPSA) is 58.9 Å². The summed E-state index contributed by atoms with van der Waals surface area (Å²) in [5, 5.41) is 15.3. The molecule has 0 aliphatic heterocycles. The van der Waals surface area contributed by atoms with Gasteiger partial charge in [-0.15, -0.1) is 0 Å². The second kappa shape index (κ2) is 10.6. The van der Waals surface area contributed by atoms with E-state index in [-0.39, 0.29) is 5.75 Å². The van der Waals surface area contributed by atoms with Gasteiger partial charge in [0.2, 0.25) is 0 Å². The number of phenolic OH excluding ortho intramolecular Hbond substituents is 1. The zero-order valence-electron chi connectivity index (χ0n) is 20.5. The summed E-state index contributed by atoms with van der Waals surface area (Å²) in [4.78, 5) is 18.2. The normalized spacial score (nSPS) is 12.5. The summed E-state index contributed by atoms with van der Waals surface area (Å²) in [6.45, 7) is 1.72. The number of rotatable bonds is 7. The molecule has 4 nitrogen and oxygen atoms in total. The molecule has 0 spiro atoms. The van der Waals surface area contributed by atoms with Crippen molar-refractivity contribution >= 4 is 46.8 Å². The predicted octanol–water partition coefficient (Wildman–Crippen LogP) is 4.56. The van der Waals surface area contributed by atoms with Crippen LogP contribution in [0.1, 0.15) is 12.5 Å². The number of carbonyl (C=O) groups excluding carboxylic acids is 1. The van der Waals surface area contributed by atoms with Gasteiger partial charge in [-0.1, -0.05) is 121 Å². The van der Waals surface area contributed by atoms with E-state index in [1.807, 2.05) is 121 Å². The van der Waals surface area contributed by atoms with Crippen LogP contribution in [-0.4, -0.2) is 31.6 Å². The summed E-state index contributed by atoms with van der Waals surface area (Å²) in [5.41, 5.74) is 0.579. The van der Waals surface area contributed by atoms with Gasteiger partial charge in [0.15, 0.2) is 0 Å². The van der Waals surface area contributed by atoms with Crippen LogP contribution < -0.4 is 15.6 Å². The molecule has 1 N–H and O–H groups in total. The number of phenols is 1. The monoisotopic (exact) mass is 501 g/mol. The predicted molar refractivity (Wildman–Crippen MR) is 153 cm³/mol. The van der Waals surface area contributed by atoms with Gasteiger partial charge in [0.25, 0.3) is 0 Å². The molecule has 0 saturated carbocycles. The zero-order valence-corrected chi connectivity index (χ0v) is 21.5. The number of aliphatic imine (C=N–C) groups is 1. The molecule has 0 fully saturated rings. The molecule has 0 radical (unpaired) electrons. The minimum absolute atomic E-state index is 0.115. The van der Waals surface area contributed by atoms with Crippen molar-refractivity contribution in [1.82, 2.24) is 0 Å². The number of nitrogens with zero attached hydrogens (tertiary/aromatic N) is 1. The van der Waals surface area contributed by atoms with E-state index in [1.165, 1.54) is 0 Å². The fourth-order valence-corrected chi connectivity index (χ4v) is 8.41. The van der Waals surface area contributed by atoms with Crippen molar-refractivity contribution in [2.24, 2.45) is 4.99 Å². The average Bonchev–Trinajstić information content (AvgIpc) is 2.96. The van der Waals surface area contributed by atoms with Gasteiger partial charge in [-0.2, -0.15) is 0 Å². The summed E-state index contributed by atoms with van der Waals surface area (Å²) in [6.07, 6.45) is 1.57. The fraction of sp³-hybridized carbons (Fsp3) is 0.0625. The molecule has 5 heteroatoms. The summed E-state index contributed by atoms with van der Waals surface area (Å²) < 4.78 is 6.59. The lowest BCUT2D eigenvalue weighted by Gasteiger charge is -2.33. The standard InChI is InChI=1S/C32H27NO3Si/c1-24(33-23-30-29-20-12-11-13-25(29)21-22-31(30)34)32(35)36-37(26-14-5-2-6-15-26,27-16-7-3-8-17-27)28-18-9-4-10-19-28/h2-24,34H,1H3. The number of aromatic hydroxyl groups is 1. The quantitative estimate of drug-likeness (QED) is 0.202. The highest BCUT2D eigenvalue weighted by Gasteiger charge is 2.45. The summed E-state index contributed by atoms with van der Waals surface area (Å²) in [7, 11) is -3.19. The SMILES string of the molecule is CC(N=Cc1c(O)ccc2ccccc12)C(=O)O[Si](c1ccccc1)(c1ccccc1)c1ccccc1. The summed E-state index contributed by atoms with van der Waals surface area (Å²) >= 11 is 0. The molecule has 182 valence electrons. The highest BCUT2D eigenvalue weighted by atomic mass is 28.4. The number of fused-ring (bicyclic) bond motifs is 1. The van der Waals surface area contributed by atoms with Crippen LogP contribution in [0.4, 0.5) is 0 Å². The van der Waals surface area contributed by atoms with E-state index in [2.05, 4.69) is 4.99 Å². The van der Waals surface area contributed by atoms with Crippen LogP contribution in [0.15, 0.2) is 132 Å². The van der Waals surface area contributed by atoms with E-state index in [1.54, 1.807) is 19.2 Å². The van der Waals surface area contributed by atoms with Crippen LogP contribution in [0, 0.1) is 0 Å². The van der Waals surface area contributed by atoms with Crippen LogP contribution in [-0.2, 0) is 9.22 Å². The summed E-state index contributed by atoms with van der Waals surface area (Å²) in [5.74, 6) is -0.302. The number of carbonyl (C=O) groups is 1. The third kappa shape index (κ3) is 4.81. The molecule has 5 aromatic carbocycles. The number of hydrogen-bond donors (Lipinski definition) is 1. The van der Waals surface area contributed by atoms with E-state index in [0.717, 1.165) is 26.3 Å². The maximum absolute atomic E-state index is 13.7. The van der Waals surface area contributed by atoms with Crippen LogP contribution >= 0.6 is 0 Å². The smallest absolute Gasteiger partial charge is 0.350 e. The van der Waals surface area contributed by atoms with Gasteiger partial charge in [0.05, 0.1) is 0 Å². The third-order valence-corrected chi connectivity index (χ3v) is 10.5. The van der Waals surface area contributed by atoms with Gasteiger partial charge < -0.3 is 9.53 Å². The first-order valence-corrected chi connectivity index (χ1v) is 14.1. The van der Waals surface area contributed by atoms with Gasteiger partial charge in [0, 0.05) is 11.8 Å². The van der Waals surface area contributed by atoms with Crippen molar-refractivity contribution in [2.75, 3.05) is 0 Å². The van der Waals surface area contributed by atoms with Crippen molar-refractivity contribution in [3.05, 3.63) is 133 Å². The molecule has 5 aromatic rings. The molecule has 1 atom stereocenters. The lowest BCUT2D eigenvalue weighted by molar-refractivity contribution is -0.135. The second-order valence-electron chi connectivity index (χ2n) is 8.87. The van der Waals surface area contributed by atoms with Crippen molar-refractivity contribution < 1.29 is 14.3 Å². The Morgan fingerprint density at radius 2 is 1.22 bits per heavy atom. The van der Waals surface area contributed by atoms with Crippen molar-refractivity contribution in [2.45, 2.75) is 13.0 Å². The molecule has 0 amide bonds. The number of hydrogen-bond acceptors (Lipinski definition) is 4. The zero-order chi connectivity index (χ0) is 25.7. The highest BCUT2D eigenvalue weighted by molar-refractivity contribution is 7.07. The molecule has 0 aromatic heterocycles. The Morgan fingerprint density at radius 3 is 1.76 bits per heavy atom. The lowest BCUT2D eigenvalue weighted by Crippen LogP contribution is -2.70. The minimum atomic E-state index is -3.19. The van der Waals surface area contributed by atoms with Gasteiger partial charge in [0.1, 0.15) is 11.8 Å². The second-order valence-corrected chi connectivity index (χ2v) is 12.2. The molecule has 0 heterocycles. The first-order valence-electron chi connectivity index (χ1n) is 12.2. The average molecular weight is 502 g/mol. The summed E-state index contributed by atoms with van der Waals surface area (Å²) in [6, 6.07) is 40.4. The van der Waals surface area contributed by atoms with Gasteiger partial charge in [-0.25, -0.2) is 0 Å². The van der Waals surface area contributed by atoms with Gasteiger partial charge in [-0.3, -0.25) is 9.79 Å². The molecule has 0 aliphatic carbocycles. The molecular weight excluding hydrogens is 474 g/mol. The van der Waals surface area contributed by atoms with E-state index in [0.29, 0.717) is 5.56 Å². The third-order valence-electron chi connectivity index (χ3n) is 6.51. The molecule has 1 unspecified atom stereocenters. The van der Waals surface area contributed by atoms with Crippen molar-refractivity contribution in [3.8, 4) is 5.75 Å². The molecule has 0 bridgehead atoms. The van der Waals surface area contributed by atoms with Crippen molar-refractivity contribution in [1.29, 1.82) is 0 Å². The van der Waals surface area contributed by atoms with Gasteiger partial charge in [-0.05, 0) is 39.3 Å². The lowest BCUT2D eigenvalue weighted by atomic mass is 10.0. The number of benzene rings is 5. The largest absolute Gasteiger partial charge is 0.507 e. The Morgan fingerprint density at radius 1 is 0.730 bits per heavy atom. The van der Waals surface area contributed by atoms with E-state index in [4.69, 9.17) is 4.43 Å². The Balaban J connectivity index is 1.55. The Labute approximate surface area is 217 Å². The van der Waals surface area contributed by atoms with Gasteiger partial charge >= 0.3 is 14.3 Å². The molecular formula is C32H27NO3Si. The highest BCUT2D eigenvalue weighted by Crippen LogP contribution is 2.25. The van der Waals surface area contributed by atoms with Crippen molar-refractivity contribution in [3.63, 3.8) is 0 Å². The first kappa shape index (κ1) is 24.2. The van der Waals surface area contributed by atoms with E-state index >= 15 is 0 Å². The fourth-order valence-electron chi connectivity index (χ4n) is 4.60. The molecule has 0 aliphatic rings. The first-order chi connectivity index (χ1) is 18.1. The minimum Gasteiger partial charge on any atom is -0.507 e. The Hall–Kier alpha value is -4.48. The molecule has 37 heavy (non-hydrogen) atoms. The maximum atomic E-state index is 13.7. The van der Waals surface area contributed by atoms with E-state index in [9.17, 15) is 9.90 Å². The molecule has 5 rings (SSSR count). The Bertz CT molecular complexity index is 1440. The molecule has 0 saturated heterocycles. The van der Waals surface area contributed by atoms with E-state index < -0.39 is 20.3 Å². The maximum Gasteiger partial charge on any atom is 0.350 e. The van der Waals surface area contributed by atoms with Crippen LogP contribution in [0.3, 0.4) is 0 Å². The van der Waals surface area contributed by atoms with Crippen LogP contribution in [0.25, 0.3) is 10.8 Å². The van der Waals surface area contributed by atoms with Crippen LogP contribution in [0.2, 0.25) is 0 Å².